The topological polar surface area (TPSA) is 60.8 Å². The van der Waals surface area contributed by atoms with E-state index in [2.05, 4.69) is 10.1 Å². The molecule has 0 bridgehead atoms. The van der Waals surface area contributed by atoms with Gasteiger partial charge in [0.1, 0.15) is 5.56 Å². The van der Waals surface area contributed by atoms with Gasteiger partial charge in [-0.1, -0.05) is 28.4 Å². The minimum atomic E-state index is -0.757. The summed E-state index contributed by atoms with van der Waals surface area (Å²) in [6.45, 7) is 1.70. The fraction of sp³-hybridized carbons (Fsp3) is 0.133. The van der Waals surface area contributed by atoms with Crippen molar-refractivity contribution in [2.75, 3.05) is 7.11 Å². The first-order valence-corrected chi connectivity index (χ1v) is 6.98. The third-order valence-electron chi connectivity index (χ3n) is 2.81. The number of hydrogen-bond acceptors (Lipinski definition) is 5. The Morgan fingerprint density at radius 3 is 2.59 bits per heavy atom. The SMILES string of the molecule is COc1c(Cl)ccc(Cl)c1C(=O)O/N=C(\C)c1cccnc1. The Morgan fingerprint density at radius 2 is 1.95 bits per heavy atom. The molecule has 0 aliphatic carbocycles. The van der Waals surface area contributed by atoms with Gasteiger partial charge in [0.2, 0.25) is 0 Å². The molecule has 5 nitrogen and oxygen atoms in total. The molecule has 2 aromatic rings. The van der Waals surface area contributed by atoms with Gasteiger partial charge in [0, 0.05) is 18.0 Å². The Labute approximate surface area is 137 Å². The number of carbonyl (C=O) groups excluding carboxylic acids is 1. The van der Waals surface area contributed by atoms with E-state index in [1.54, 1.807) is 31.5 Å². The minimum absolute atomic E-state index is 0.0272. The number of carbonyl (C=O) groups is 1. The van der Waals surface area contributed by atoms with Crippen LogP contribution >= 0.6 is 23.2 Å². The summed E-state index contributed by atoms with van der Waals surface area (Å²) in [5.41, 5.74) is 1.26. The van der Waals surface area contributed by atoms with Crippen molar-refractivity contribution in [2.24, 2.45) is 5.16 Å². The summed E-state index contributed by atoms with van der Waals surface area (Å²) in [5.74, 6) is -0.610. The van der Waals surface area contributed by atoms with Crippen LogP contribution in [0.4, 0.5) is 0 Å². The van der Waals surface area contributed by atoms with Gasteiger partial charge in [0.25, 0.3) is 0 Å². The van der Waals surface area contributed by atoms with Gasteiger partial charge >= 0.3 is 5.97 Å². The number of benzene rings is 1. The third-order valence-corrected chi connectivity index (χ3v) is 3.42. The molecule has 0 spiro atoms. The Bertz CT molecular complexity index is 718. The molecule has 1 aromatic heterocycles. The van der Waals surface area contributed by atoms with Crippen molar-refractivity contribution >= 4 is 34.9 Å². The van der Waals surface area contributed by atoms with Crippen LogP contribution in [0.1, 0.15) is 22.8 Å². The molecule has 0 N–H and O–H groups in total. The summed E-state index contributed by atoms with van der Waals surface area (Å²) >= 11 is 12.0. The Hall–Kier alpha value is -2.11. The fourth-order valence-electron chi connectivity index (χ4n) is 1.71. The Kier molecular flexibility index (Phi) is 5.35. The molecule has 0 aliphatic heterocycles. The molecule has 1 heterocycles. The zero-order chi connectivity index (χ0) is 16.1. The molecule has 0 fully saturated rings. The second kappa shape index (κ2) is 7.24. The molecule has 2 rings (SSSR count). The largest absolute Gasteiger partial charge is 0.494 e. The van der Waals surface area contributed by atoms with Crippen molar-refractivity contribution in [3.05, 3.63) is 57.8 Å². The molecular weight excluding hydrogens is 327 g/mol. The number of rotatable bonds is 4. The summed E-state index contributed by atoms with van der Waals surface area (Å²) in [6, 6.07) is 6.57. The maximum atomic E-state index is 12.2. The maximum absolute atomic E-state index is 12.2. The molecular formula is C15H12Cl2N2O3. The van der Waals surface area contributed by atoms with Gasteiger partial charge in [-0.05, 0) is 31.2 Å². The van der Waals surface area contributed by atoms with E-state index >= 15 is 0 Å². The van der Waals surface area contributed by atoms with Crippen molar-refractivity contribution < 1.29 is 14.4 Å². The molecule has 0 saturated heterocycles. The zero-order valence-electron chi connectivity index (χ0n) is 11.8. The van der Waals surface area contributed by atoms with Gasteiger partial charge < -0.3 is 9.57 Å². The van der Waals surface area contributed by atoms with Crippen LogP contribution in [0.15, 0.2) is 41.8 Å². The highest BCUT2D eigenvalue weighted by Gasteiger charge is 2.21. The molecule has 114 valence electrons. The predicted octanol–water partition coefficient (Wildman–Crippen LogP) is 3.98. The molecule has 22 heavy (non-hydrogen) atoms. The van der Waals surface area contributed by atoms with Crippen molar-refractivity contribution in [3.8, 4) is 5.75 Å². The van der Waals surface area contributed by atoms with Crippen LogP contribution in [-0.4, -0.2) is 23.8 Å². The summed E-state index contributed by atoms with van der Waals surface area (Å²) in [5, 5.41) is 4.21. The minimum Gasteiger partial charge on any atom is -0.494 e. The summed E-state index contributed by atoms with van der Waals surface area (Å²) in [4.78, 5) is 21.1. The number of halogens is 2. The highest BCUT2D eigenvalue weighted by Crippen LogP contribution is 2.34. The molecule has 0 radical (unpaired) electrons. The number of ether oxygens (including phenoxy) is 1. The molecule has 0 unspecified atom stereocenters. The van der Waals surface area contributed by atoms with Gasteiger partial charge in [0.05, 0.1) is 22.9 Å². The number of aromatic nitrogens is 1. The van der Waals surface area contributed by atoms with E-state index in [0.717, 1.165) is 5.56 Å². The average molecular weight is 339 g/mol. The van der Waals surface area contributed by atoms with Gasteiger partial charge in [-0.2, -0.15) is 0 Å². The van der Waals surface area contributed by atoms with Crippen LogP contribution in [0, 0.1) is 0 Å². The first kappa shape index (κ1) is 16.3. The van der Waals surface area contributed by atoms with E-state index in [0.29, 0.717) is 5.71 Å². The summed E-state index contributed by atoms with van der Waals surface area (Å²) in [6.07, 6.45) is 3.25. The smallest absolute Gasteiger partial charge is 0.371 e. The predicted molar refractivity (Wildman–Crippen MR) is 84.9 cm³/mol. The molecule has 0 saturated carbocycles. The van der Waals surface area contributed by atoms with Crippen LogP contribution < -0.4 is 4.74 Å². The second-order valence-corrected chi connectivity index (χ2v) is 5.05. The Morgan fingerprint density at radius 1 is 1.23 bits per heavy atom. The van der Waals surface area contributed by atoms with Gasteiger partial charge in [-0.25, -0.2) is 4.79 Å². The highest BCUT2D eigenvalue weighted by molar-refractivity contribution is 6.37. The van der Waals surface area contributed by atoms with Gasteiger partial charge in [0.15, 0.2) is 5.75 Å². The lowest BCUT2D eigenvalue weighted by Gasteiger charge is -2.09. The van der Waals surface area contributed by atoms with Crippen LogP contribution in [0.2, 0.25) is 10.0 Å². The first-order chi connectivity index (χ1) is 10.5. The molecule has 0 amide bonds. The molecule has 1 aromatic carbocycles. The fourth-order valence-corrected chi connectivity index (χ4v) is 2.17. The number of nitrogens with zero attached hydrogens (tertiary/aromatic N) is 2. The van der Waals surface area contributed by atoms with Crippen molar-refractivity contribution in [2.45, 2.75) is 6.92 Å². The summed E-state index contributed by atoms with van der Waals surface area (Å²) < 4.78 is 5.09. The maximum Gasteiger partial charge on any atom is 0.371 e. The lowest BCUT2D eigenvalue weighted by molar-refractivity contribution is 0.0513. The summed E-state index contributed by atoms with van der Waals surface area (Å²) in [7, 11) is 1.39. The number of methoxy groups -OCH3 is 1. The van der Waals surface area contributed by atoms with Crippen molar-refractivity contribution in [1.82, 2.24) is 4.98 Å². The van der Waals surface area contributed by atoms with E-state index < -0.39 is 5.97 Å². The molecule has 0 aliphatic rings. The van der Waals surface area contributed by atoms with E-state index in [1.807, 2.05) is 0 Å². The standard InChI is InChI=1S/C15H12Cl2N2O3/c1-9(10-4-3-7-18-8-10)19-22-15(20)13-11(16)5-6-12(17)14(13)21-2/h3-8H,1-2H3/b19-9+. The normalized spacial score (nSPS) is 11.2. The monoisotopic (exact) mass is 338 g/mol. The van der Waals surface area contributed by atoms with E-state index in [4.69, 9.17) is 32.8 Å². The Balaban J connectivity index is 2.25. The van der Waals surface area contributed by atoms with Gasteiger partial charge in [-0.15, -0.1) is 0 Å². The van der Waals surface area contributed by atoms with Gasteiger partial charge in [-0.3, -0.25) is 4.98 Å². The lowest BCUT2D eigenvalue weighted by atomic mass is 10.2. The molecule has 7 heteroatoms. The average Bonchev–Trinajstić information content (AvgIpc) is 2.54. The number of oxime groups is 1. The van der Waals surface area contributed by atoms with Crippen molar-refractivity contribution in [1.29, 1.82) is 0 Å². The van der Waals surface area contributed by atoms with Crippen LogP contribution in [0.3, 0.4) is 0 Å². The van der Waals surface area contributed by atoms with Crippen LogP contribution in [0.25, 0.3) is 0 Å². The van der Waals surface area contributed by atoms with Crippen molar-refractivity contribution in [3.63, 3.8) is 0 Å². The van der Waals surface area contributed by atoms with Crippen LogP contribution in [0.5, 0.6) is 5.75 Å². The highest BCUT2D eigenvalue weighted by atomic mass is 35.5. The lowest BCUT2D eigenvalue weighted by Crippen LogP contribution is -2.07. The number of pyridine rings is 1. The molecule has 0 atom stereocenters. The first-order valence-electron chi connectivity index (χ1n) is 6.23. The number of hydrogen-bond donors (Lipinski definition) is 0. The van der Waals surface area contributed by atoms with E-state index in [1.165, 1.54) is 19.2 Å². The quantitative estimate of drug-likeness (QED) is 0.480. The van der Waals surface area contributed by atoms with E-state index in [9.17, 15) is 4.79 Å². The van der Waals surface area contributed by atoms with E-state index in [-0.39, 0.29) is 21.4 Å². The zero-order valence-corrected chi connectivity index (χ0v) is 13.4. The third kappa shape index (κ3) is 3.55. The van der Waals surface area contributed by atoms with Crippen LogP contribution in [-0.2, 0) is 4.84 Å². The second-order valence-electron chi connectivity index (χ2n) is 4.23.